The van der Waals surface area contributed by atoms with Crippen LogP contribution in [0.4, 0.5) is 17.6 Å². The highest BCUT2D eigenvalue weighted by molar-refractivity contribution is 5.36. The Balaban J connectivity index is 2.52. The van der Waals surface area contributed by atoms with E-state index in [9.17, 15) is 17.6 Å². The average Bonchev–Trinajstić information content (AvgIpc) is 2.42. The predicted molar refractivity (Wildman–Crippen MR) is 71.3 cm³/mol. The number of benzene rings is 1. The number of aromatic nitrogens is 1. The smallest absolute Gasteiger partial charge is 0.308 e. The highest BCUT2D eigenvalue weighted by atomic mass is 19.4. The first-order valence-corrected chi connectivity index (χ1v) is 6.30. The molecule has 0 radical (unpaired) electrons. The van der Waals surface area contributed by atoms with Crippen LogP contribution in [0.5, 0.6) is 0 Å². The summed E-state index contributed by atoms with van der Waals surface area (Å²) in [7, 11) is 1.62. The third-order valence-corrected chi connectivity index (χ3v) is 3.24. The molecule has 1 aromatic heterocycles. The van der Waals surface area contributed by atoms with Gasteiger partial charge in [0.25, 0.3) is 0 Å². The maximum absolute atomic E-state index is 13.4. The Morgan fingerprint density at radius 1 is 1.19 bits per heavy atom. The minimum atomic E-state index is -4.72. The van der Waals surface area contributed by atoms with E-state index < -0.39 is 23.6 Å². The molecule has 0 aliphatic heterocycles. The highest BCUT2D eigenvalue weighted by Crippen LogP contribution is 2.34. The van der Waals surface area contributed by atoms with Crippen LogP contribution < -0.4 is 5.32 Å². The number of aryl methyl sites for hydroxylation is 1. The summed E-state index contributed by atoms with van der Waals surface area (Å²) in [6.07, 6.45) is -3.15. The second-order valence-corrected chi connectivity index (χ2v) is 4.66. The molecule has 1 unspecified atom stereocenters. The standard InChI is InChI=1S/C15H14F4N2/c1-9-4-3-7-21-13(9)14(20-2)10-5-6-12(16)11(8-10)15(17,18)19/h3-8,14,20H,1-2H3. The van der Waals surface area contributed by atoms with E-state index in [0.29, 0.717) is 11.3 Å². The molecule has 1 aromatic carbocycles. The molecular weight excluding hydrogens is 284 g/mol. The number of hydrogen-bond acceptors (Lipinski definition) is 2. The fraction of sp³-hybridized carbons (Fsp3) is 0.267. The SMILES string of the molecule is CNC(c1ccc(F)c(C(F)(F)F)c1)c1ncccc1C. The van der Waals surface area contributed by atoms with Crippen molar-refractivity contribution >= 4 is 0 Å². The number of rotatable bonds is 3. The summed E-state index contributed by atoms with van der Waals surface area (Å²) >= 11 is 0. The van der Waals surface area contributed by atoms with E-state index >= 15 is 0 Å². The third kappa shape index (κ3) is 3.21. The van der Waals surface area contributed by atoms with Crippen LogP contribution in [-0.4, -0.2) is 12.0 Å². The molecule has 1 N–H and O–H groups in total. The Morgan fingerprint density at radius 3 is 2.48 bits per heavy atom. The Labute approximate surface area is 119 Å². The number of nitrogens with one attached hydrogen (secondary N) is 1. The summed E-state index contributed by atoms with van der Waals surface area (Å²) in [6, 6.07) is 6.02. The zero-order valence-corrected chi connectivity index (χ0v) is 11.5. The molecule has 0 aliphatic carbocycles. The Hall–Kier alpha value is -1.95. The summed E-state index contributed by atoms with van der Waals surface area (Å²) in [5.41, 5.74) is 0.497. The van der Waals surface area contributed by atoms with Gasteiger partial charge in [-0.2, -0.15) is 13.2 Å². The molecule has 0 aliphatic rings. The lowest BCUT2D eigenvalue weighted by atomic mass is 9.98. The van der Waals surface area contributed by atoms with Crippen LogP contribution in [0.25, 0.3) is 0 Å². The van der Waals surface area contributed by atoms with Gasteiger partial charge in [-0.25, -0.2) is 4.39 Å². The fourth-order valence-corrected chi connectivity index (χ4v) is 2.20. The van der Waals surface area contributed by atoms with E-state index in [1.54, 1.807) is 19.3 Å². The number of alkyl halides is 3. The van der Waals surface area contributed by atoms with E-state index in [1.807, 2.05) is 13.0 Å². The van der Waals surface area contributed by atoms with Gasteiger partial charge in [-0.1, -0.05) is 12.1 Å². The van der Waals surface area contributed by atoms with Crippen LogP contribution in [0.15, 0.2) is 36.5 Å². The van der Waals surface area contributed by atoms with Crippen LogP contribution >= 0.6 is 0 Å². The molecule has 0 fully saturated rings. The van der Waals surface area contributed by atoms with Crippen molar-refractivity contribution in [1.82, 2.24) is 10.3 Å². The van der Waals surface area contributed by atoms with Gasteiger partial charge in [-0.15, -0.1) is 0 Å². The molecule has 0 saturated heterocycles. The lowest BCUT2D eigenvalue weighted by Crippen LogP contribution is -2.21. The molecule has 1 heterocycles. The third-order valence-electron chi connectivity index (χ3n) is 3.24. The molecule has 2 rings (SSSR count). The maximum Gasteiger partial charge on any atom is 0.419 e. The normalized spacial score (nSPS) is 13.2. The molecule has 0 amide bonds. The topological polar surface area (TPSA) is 24.9 Å². The summed E-state index contributed by atoms with van der Waals surface area (Å²) in [5, 5.41) is 2.92. The van der Waals surface area contributed by atoms with Gasteiger partial charge >= 0.3 is 6.18 Å². The van der Waals surface area contributed by atoms with Crippen molar-refractivity contribution in [2.24, 2.45) is 0 Å². The van der Waals surface area contributed by atoms with Crippen LogP contribution in [-0.2, 0) is 6.18 Å². The van der Waals surface area contributed by atoms with Crippen molar-refractivity contribution in [2.75, 3.05) is 7.05 Å². The molecule has 0 spiro atoms. The second kappa shape index (κ2) is 5.81. The number of pyridine rings is 1. The zero-order valence-electron chi connectivity index (χ0n) is 11.5. The molecule has 1 atom stereocenters. The van der Waals surface area contributed by atoms with E-state index in [4.69, 9.17) is 0 Å². The largest absolute Gasteiger partial charge is 0.419 e. The predicted octanol–water partition coefficient (Wildman–Crippen LogP) is 3.86. The van der Waals surface area contributed by atoms with Gasteiger partial charge < -0.3 is 5.32 Å². The maximum atomic E-state index is 13.4. The number of halogens is 4. The van der Waals surface area contributed by atoms with E-state index in [-0.39, 0.29) is 0 Å². The molecule has 21 heavy (non-hydrogen) atoms. The van der Waals surface area contributed by atoms with Crippen molar-refractivity contribution in [2.45, 2.75) is 19.1 Å². The number of nitrogens with zero attached hydrogens (tertiary/aromatic N) is 1. The molecule has 112 valence electrons. The monoisotopic (exact) mass is 298 g/mol. The Morgan fingerprint density at radius 2 is 1.90 bits per heavy atom. The van der Waals surface area contributed by atoms with Crippen molar-refractivity contribution in [3.8, 4) is 0 Å². The van der Waals surface area contributed by atoms with Crippen LogP contribution in [0.1, 0.15) is 28.4 Å². The van der Waals surface area contributed by atoms with Gasteiger partial charge in [-0.3, -0.25) is 4.98 Å². The summed E-state index contributed by atoms with van der Waals surface area (Å²) < 4.78 is 51.8. The first-order valence-electron chi connectivity index (χ1n) is 6.30. The fourth-order valence-electron chi connectivity index (χ4n) is 2.20. The molecule has 0 bridgehead atoms. The van der Waals surface area contributed by atoms with Crippen LogP contribution in [0, 0.1) is 12.7 Å². The van der Waals surface area contributed by atoms with Crippen molar-refractivity contribution in [1.29, 1.82) is 0 Å². The number of hydrogen-bond donors (Lipinski definition) is 1. The van der Waals surface area contributed by atoms with Crippen molar-refractivity contribution in [3.63, 3.8) is 0 Å². The van der Waals surface area contributed by atoms with E-state index in [0.717, 1.165) is 17.7 Å². The zero-order chi connectivity index (χ0) is 15.6. The minimum Gasteiger partial charge on any atom is -0.308 e. The van der Waals surface area contributed by atoms with Gasteiger partial charge in [0.15, 0.2) is 0 Å². The van der Waals surface area contributed by atoms with E-state index in [2.05, 4.69) is 10.3 Å². The van der Waals surface area contributed by atoms with Gasteiger partial charge in [0.2, 0.25) is 0 Å². The summed E-state index contributed by atoms with van der Waals surface area (Å²) in [6.45, 7) is 1.82. The lowest BCUT2D eigenvalue weighted by molar-refractivity contribution is -0.140. The Kier molecular flexibility index (Phi) is 4.27. The second-order valence-electron chi connectivity index (χ2n) is 4.66. The van der Waals surface area contributed by atoms with Crippen molar-refractivity contribution in [3.05, 3.63) is 64.7 Å². The highest BCUT2D eigenvalue weighted by Gasteiger charge is 2.34. The average molecular weight is 298 g/mol. The first kappa shape index (κ1) is 15.4. The van der Waals surface area contributed by atoms with Gasteiger partial charge in [0.05, 0.1) is 17.3 Å². The van der Waals surface area contributed by atoms with Crippen molar-refractivity contribution < 1.29 is 17.6 Å². The van der Waals surface area contributed by atoms with E-state index in [1.165, 1.54) is 6.07 Å². The van der Waals surface area contributed by atoms with Gasteiger partial charge in [-0.05, 0) is 43.3 Å². The molecule has 6 heteroatoms. The minimum absolute atomic E-state index is 0.313. The van der Waals surface area contributed by atoms with Gasteiger partial charge in [0.1, 0.15) is 5.82 Å². The van der Waals surface area contributed by atoms with Crippen LogP contribution in [0.3, 0.4) is 0 Å². The lowest BCUT2D eigenvalue weighted by Gasteiger charge is -2.19. The molecule has 2 aromatic rings. The quantitative estimate of drug-likeness (QED) is 0.870. The molecular formula is C15H14F4N2. The molecule has 0 saturated carbocycles. The molecule has 2 nitrogen and oxygen atoms in total. The summed E-state index contributed by atoms with van der Waals surface area (Å²) in [5.74, 6) is -1.28. The Bertz CT molecular complexity index is 638. The van der Waals surface area contributed by atoms with Crippen LogP contribution in [0.2, 0.25) is 0 Å². The summed E-state index contributed by atoms with van der Waals surface area (Å²) in [4.78, 5) is 4.20. The first-order chi connectivity index (χ1) is 9.84. The van der Waals surface area contributed by atoms with Gasteiger partial charge in [0, 0.05) is 6.20 Å².